The Kier molecular flexibility index (Phi) is 4.01. The quantitative estimate of drug-likeness (QED) is 0.866. The molecule has 1 atom stereocenters. The summed E-state index contributed by atoms with van der Waals surface area (Å²) in [7, 11) is 0. The molecule has 0 saturated carbocycles. The summed E-state index contributed by atoms with van der Waals surface area (Å²) in [6, 6.07) is 3.70. The summed E-state index contributed by atoms with van der Waals surface area (Å²) in [4.78, 5) is 8.48. The first kappa shape index (κ1) is 12.7. The number of aromatic nitrogens is 3. The van der Waals surface area contributed by atoms with Gasteiger partial charge in [0.05, 0.1) is 0 Å². The van der Waals surface area contributed by atoms with E-state index in [1.165, 1.54) is 0 Å². The first-order valence-corrected chi connectivity index (χ1v) is 5.85. The molecule has 0 spiro atoms. The third-order valence-electron chi connectivity index (χ3n) is 2.50. The minimum Gasteiger partial charge on any atom is -0.371 e. The molecule has 96 valence electrons. The Morgan fingerprint density at radius 3 is 2.89 bits per heavy atom. The third-order valence-corrected chi connectivity index (χ3v) is 2.50. The smallest absolute Gasteiger partial charge is 0.276 e. The fourth-order valence-corrected chi connectivity index (χ4v) is 1.50. The molecule has 6 nitrogen and oxygen atoms in total. The molecule has 0 aliphatic rings. The van der Waals surface area contributed by atoms with E-state index >= 15 is 0 Å². The molecule has 2 aromatic heterocycles. The van der Waals surface area contributed by atoms with Crippen LogP contribution in [-0.4, -0.2) is 21.7 Å². The van der Waals surface area contributed by atoms with Crippen molar-refractivity contribution in [2.45, 2.75) is 26.5 Å². The van der Waals surface area contributed by atoms with Gasteiger partial charge in [-0.3, -0.25) is 4.98 Å². The SMILES string of the molecule is CCOC(C)c1noc(-c2ccc(CN)cn2)n1. The van der Waals surface area contributed by atoms with E-state index in [0.29, 0.717) is 30.6 Å². The zero-order chi connectivity index (χ0) is 13.0. The second kappa shape index (κ2) is 5.70. The van der Waals surface area contributed by atoms with Gasteiger partial charge in [-0.25, -0.2) is 0 Å². The van der Waals surface area contributed by atoms with Crippen molar-refractivity contribution in [3.05, 3.63) is 29.7 Å². The number of ether oxygens (including phenoxy) is 1. The van der Waals surface area contributed by atoms with E-state index in [4.69, 9.17) is 15.0 Å². The van der Waals surface area contributed by atoms with E-state index in [1.807, 2.05) is 26.0 Å². The highest BCUT2D eigenvalue weighted by molar-refractivity contribution is 5.46. The molecular formula is C12H16N4O2. The number of nitrogens with zero attached hydrogens (tertiary/aromatic N) is 3. The van der Waals surface area contributed by atoms with Crippen LogP contribution in [-0.2, 0) is 11.3 Å². The summed E-state index contributed by atoms with van der Waals surface area (Å²) in [5.41, 5.74) is 7.10. The van der Waals surface area contributed by atoms with E-state index in [1.54, 1.807) is 6.20 Å². The molecule has 0 radical (unpaired) electrons. The van der Waals surface area contributed by atoms with Crippen LogP contribution in [0.5, 0.6) is 0 Å². The highest BCUT2D eigenvalue weighted by atomic mass is 16.5. The second-order valence-corrected chi connectivity index (χ2v) is 3.81. The van der Waals surface area contributed by atoms with E-state index < -0.39 is 0 Å². The van der Waals surface area contributed by atoms with Crippen LogP contribution in [0.1, 0.15) is 31.3 Å². The van der Waals surface area contributed by atoms with Gasteiger partial charge in [0.1, 0.15) is 11.8 Å². The van der Waals surface area contributed by atoms with Crippen LogP contribution < -0.4 is 5.73 Å². The topological polar surface area (TPSA) is 87.1 Å². The Morgan fingerprint density at radius 1 is 1.44 bits per heavy atom. The number of hydrogen-bond donors (Lipinski definition) is 1. The third kappa shape index (κ3) is 2.72. The summed E-state index contributed by atoms with van der Waals surface area (Å²) in [6.07, 6.45) is 1.52. The monoisotopic (exact) mass is 248 g/mol. The average Bonchev–Trinajstić information content (AvgIpc) is 2.89. The fourth-order valence-electron chi connectivity index (χ4n) is 1.50. The predicted molar refractivity (Wildman–Crippen MR) is 65.5 cm³/mol. The normalized spacial score (nSPS) is 12.6. The van der Waals surface area contributed by atoms with Gasteiger partial charge < -0.3 is 15.0 Å². The van der Waals surface area contributed by atoms with Gasteiger partial charge in [0.2, 0.25) is 5.82 Å². The molecule has 0 aromatic carbocycles. The van der Waals surface area contributed by atoms with Crippen LogP contribution in [0.25, 0.3) is 11.6 Å². The molecule has 0 aliphatic heterocycles. The minimum atomic E-state index is -0.184. The van der Waals surface area contributed by atoms with Crippen LogP contribution in [0.3, 0.4) is 0 Å². The predicted octanol–water partition coefficient (Wildman–Crippen LogP) is 1.69. The maximum absolute atomic E-state index is 5.51. The lowest BCUT2D eigenvalue weighted by molar-refractivity contribution is 0.0683. The lowest BCUT2D eigenvalue weighted by atomic mass is 10.2. The molecule has 2 N–H and O–H groups in total. The summed E-state index contributed by atoms with van der Waals surface area (Å²) in [6.45, 7) is 4.87. The van der Waals surface area contributed by atoms with Gasteiger partial charge in [0.25, 0.3) is 5.89 Å². The first-order valence-electron chi connectivity index (χ1n) is 5.85. The molecule has 6 heteroatoms. The Bertz CT molecular complexity index is 495. The molecule has 2 aromatic rings. The largest absolute Gasteiger partial charge is 0.371 e. The Hall–Kier alpha value is -1.79. The molecule has 1 unspecified atom stereocenters. The Labute approximate surface area is 105 Å². The van der Waals surface area contributed by atoms with Crippen molar-refractivity contribution in [1.82, 2.24) is 15.1 Å². The van der Waals surface area contributed by atoms with Crippen LogP contribution in [0.15, 0.2) is 22.9 Å². The number of nitrogens with two attached hydrogens (primary N) is 1. The first-order chi connectivity index (χ1) is 8.74. The van der Waals surface area contributed by atoms with Crippen molar-refractivity contribution in [3.8, 4) is 11.6 Å². The maximum atomic E-state index is 5.51. The van der Waals surface area contributed by atoms with E-state index in [9.17, 15) is 0 Å². The van der Waals surface area contributed by atoms with Crippen molar-refractivity contribution in [3.63, 3.8) is 0 Å². The summed E-state index contributed by atoms with van der Waals surface area (Å²) in [5.74, 6) is 0.914. The lowest BCUT2D eigenvalue weighted by Gasteiger charge is -2.04. The number of rotatable bonds is 5. The van der Waals surface area contributed by atoms with Crippen LogP contribution in [0.2, 0.25) is 0 Å². The molecule has 0 bridgehead atoms. The van der Waals surface area contributed by atoms with Gasteiger partial charge >= 0.3 is 0 Å². The van der Waals surface area contributed by atoms with Crippen LogP contribution in [0.4, 0.5) is 0 Å². The van der Waals surface area contributed by atoms with Gasteiger partial charge in [-0.05, 0) is 25.5 Å². The summed E-state index contributed by atoms with van der Waals surface area (Å²) >= 11 is 0. The fraction of sp³-hybridized carbons (Fsp3) is 0.417. The molecule has 18 heavy (non-hydrogen) atoms. The van der Waals surface area contributed by atoms with Crippen molar-refractivity contribution in [2.75, 3.05) is 6.61 Å². The van der Waals surface area contributed by atoms with E-state index in [0.717, 1.165) is 5.56 Å². The van der Waals surface area contributed by atoms with E-state index in [-0.39, 0.29) is 6.10 Å². The molecule has 2 heterocycles. The van der Waals surface area contributed by atoms with E-state index in [2.05, 4.69) is 15.1 Å². The zero-order valence-corrected chi connectivity index (χ0v) is 10.5. The highest BCUT2D eigenvalue weighted by Gasteiger charge is 2.15. The van der Waals surface area contributed by atoms with Crippen LogP contribution >= 0.6 is 0 Å². The molecule has 0 fully saturated rings. The molecule has 2 rings (SSSR count). The number of pyridine rings is 1. The van der Waals surface area contributed by atoms with Gasteiger partial charge in [-0.1, -0.05) is 11.2 Å². The summed E-state index contributed by atoms with van der Waals surface area (Å²) < 4.78 is 10.5. The number of hydrogen-bond acceptors (Lipinski definition) is 6. The minimum absolute atomic E-state index is 0.184. The highest BCUT2D eigenvalue weighted by Crippen LogP contribution is 2.19. The van der Waals surface area contributed by atoms with Crippen molar-refractivity contribution < 1.29 is 9.26 Å². The molecular weight excluding hydrogens is 232 g/mol. The second-order valence-electron chi connectivity index (χ2n) is 3.81. The molecule has 0 amide bonds. The van der Waals surface area contributed by atoms with Crippen molar-refractivity contribution in [2.24, 2.45) is 5.73 Å². The van der Waals surface area contributed by atoms with Crippen molar-refractivity contribution in [1.29, 1.82) is 0 Å². The Balaban J connectivity index is 2.18. The lowest BCUT2D eigenvalue weighted by Crippen LogP contribution is -2.01. The van der Waals surface area contributed by atoms with Gasteiger partial charge in [-0.2, -0.15) is 4.98 Å². The molecule has 0 aliphatic carbocycles. The summed E-state index contributed by atoms with van der Waals surface area (Å²) in [5, 5.41) is 3.88. The Morgan fingerprint density at radius 2 is 2.28 bits per heavy atom. The van der Waals surface area contributed by atoms with Gasteiger partial charge in [0, 0.05) is 19.3 Å². The standard InChI is InChI=1S/C12H16N4O2/c1-3-17-8(2)11-15-12(18-16-11)10-5-4-9(6-13)7-14-10/h4-5,7-8H,3,6,13H2,1-2H3. The van der Waals surface area contributed by atoms with Crippen molar-refractivity contribution >= 4 is 0 Å². The van der Waals surface area contributed by atoms with Crippen LogP contribution in [0, 0.1) is 0 Å². The maximum Gasteiger partial charge on any atom is 0.276 e. The van der Waals surface area contributed by atoms with Gasteiger partial charge in [0.15, 0.2) is 0 Å². The van der Waals surface area contributed by atoms with Gasteiger partial charge in [-0.15, -0.1) is 0 Å². The zero-order valence-electron chi connectivity index (χ0n) is 10.5. The average molecular weight is 248 g/mol. The molecule has 0 saturated heterocycles.